The molecule has 6 nitrogen and oxygen atoms in total. The third-order valence-corrected chi connectivity index (χ3v) is 2.31. The van der Waals surface area contributed by atoms with Crippen molar-refractivity contribution in [2.45, 2.75) is 52.7 Å². The summed E-state index contributed by atoms with van der Waals surface area (Å²) in [6.07, 6.45) is -2.45. The summed E-state index contributed by atoms with van der Waals surface area (Å²) in [7, 11) is 1.50. The third-order valence-electron chi connectivity index (χ3n) is 2.31. The van der Waals surface area contributed by atoms with E-state index in [0.717, 1.165) is 18.2 Å². The molecule has 8 heteroatoms. The van der Waals surface area contributed by atoms with Gasteiger partial charge >= 0.3 is 12.2 Å². The molecule has 0 fully saturated rings. The minimum atomic E-state index is -1.23. The molecule has 1 aromatic carbocycles. The molecule has 2 N–H and O–H groups in total. The number of amides is 2. The highest BCUT2D eigenvalue weighted by Gasteiger charge is 2.36. The molecule has 142 valence electrons. The Labute approximate surface area is 146 Å². The highest BCUT2D eigenvalue weighted by atomic mass is 19.1. The van der Waals surface area contributed by atoms with E-state index in [-0.39, 0.29) is 4.90 Å². The number of anilines is 1. The van der Waals surface area contributed by atoms with Crippen molar-refractivity contribution in [2.75, 3.05) is 11.9 Å². The Kier molecular flexibility index (Phi) is 7.98. The van der Waals surface area contributed by atoms with Crippen LogP contribution >= 0.6 is 0 Å². The fourth-order valence-electron chi connectivity index (χ4n) is 1.57. The van der Waals surface area contributed by atoms with Crippen LogP contribution in [-0.4, -0.2) is 30.4 Å². The summed E-state index contributed by atoms with van der Waals surface area (Å²) in [6.45, 7) is 9.39. The number of imide groups is 1. The first kappa shape index (κ1) is 22.8. The molecule has 1 rings (SSSR count). The second-order valence-corrected chi connectivity index (χ2v) is 6.87. The number of rotatable bonds is 1. The standard InChI is InChI=1S/C16H21F2NO4.CH5N/c1-15(2,3)22-13(20)19(14(21)23-16(4,5)6)12-10(17)8-7-9-11(12)18;1-2/h7-9H,1-6H3;2H2,1H3. The number of hydrogen-bond donors (Lipinski definition) is 1. The van der Waals surface area contributed by atoms with Crippen molar-refractivity contribution in [3.63, 3.8) is 0 Å². The van der Waals surface area contributed by atoms with Crippen LogP contribution < -0.4 is 10.6 Å². The Morgan fingerprint density at radius 1 is 0.880 bits per heavy atom. The highest BCUT2D eigenvalue weighted by molar-refractivity contribution is 6.09. The summed E-state index contributed by atoms with van der Waals surface area (Å²) >= 11 is 0. The molecule has 0 spiro atoms. The molecule has 25 heavy (non-hydrogen) atoms. The van der Waals surface area contributed by atoms with Gasteiger partial charge in [0.1, 0.15) is 16.9 Å². The molecule has 0 aliphatic carbocycles. The van der Waals surface area contributed by atoms with Crippen LogP contribution in [0.1, 0.15) is 41.5 Å². The van der Waals surface area contributed by atoms with Crippen LogP contribution in [0, 0.1) is 11.6 Å². The number of para-hydroxylation sites is 1. The molecule has 0 radical (unpaired) electrons. The summed E-state index contributed by atoms with van der Waals surface area (Å²) in [5.41, 5.74) is 1.74. The van der Waals surface area contributed by atoms with Gasteiger partial charge < -0.3 is 15.2 Å². The Balaban J connectivity index is 0.00000277. The normalized spacial score (nSPS) is 11.1. The predicted octanol–water partition coefficient (Wildman–Crippen LogP) is 4.22. The molecule has 0 aliphatic heterocycles. The van der Waals surface area contributed by atoms with Gasteiger partial charge in [-0.2, -0.15) is 4.90 Å². The first-order valence-corrected chi connectivity index (χ1v) is 7.59. The Morgan fingerprint density at radius 3 is 1.48 bits per heavy atom. The molecule has 2 amide bonds. The summed E-state index contributed by atoms with van der Waals surface area (Å²) in [5.74, 6) is -2.16. The van der Waals surface area contributed by atoms with Crippen LogP contribution in [0.2, 0.25) is 0 Å². The lowest BCUT2D eigenvalue weighted by molar-refractivity contribution is 0.0427. The minimum absolute atomic E-state index is 0.223. The van der Waals surface area contributed by atoms with Gasteiger partial charge in [-0.25, -0.2) is 18.4 Å². The van der Waals surface area contributed by atoms with Crippen molar-refractivity contribution in [2.24, 2.45) is 5.73 Å². The number of ether oxygens (including phenoxy) is 2. The first-order chi connectivity index (χ1) is 11.3. The molecular weight excluding hydrogens is 334 g/mol. The molecule has 0 aromatic heterocycles. The number of halogens is 2. The largest absolute Gasteiger partial charge is 0.443 e. The van der Waals surface area contributed by atoms with Crippen molar-refractivity contribution in [3.05, 3.63) is 29.8 Å². The number of carbonyl (C=O) groups is 2. The Morgan fingerprint density at radius 2 is 1.20 bits per heavy atom. The van der Waals surface area contributed by atoms with Crippen LogP contribution in [0.15, 0.2) is 18.2 Å². The SMILES string of the molecule is CC(C)(C)OC(=O)N(C(=O)OC(C)(C)C)c1c(F)cccc1F.CN. The van der Waals surface area contributed by atoms with Gasteiger partial charge in [-0.05, 0) is 60.7 Å². The van der Waals surface area contributed by atoms with Crippen molar-refractivity contribution >= 4 is 17.9 Å². The fourth-order valence-corrected chi connectivity index (χ4v) is 1.57. The second-order valence-electron chi connectivity index (χ2n) is 6.87. The van der Waals surface area contributed by atoms with Crippen LogP contribution in [-0.2, 0) is 9.47 Å². The van der Waals surface area contributed by atoms with E-state index in [1.165, 1.54) is 7.05 Å². The van der Waals surface area contributed by atoms with E-state index in [4.69, 9.17) is 9.47 Å². The van der Waals surface area contributed by atoms with Crippen molar-refractivity contribution in [1.29, 1.82) is 0 Å². The number of carbonyl (C=O) groups excluding carboxylic acids is 2. The minimum Gasteiger partial charge on any atom is -0.443 e. The zero-order valence-electron chi connectivity index (χ0n) is 15.6. The maximum absolute atomic E-state index is 14.0. The van der Waals surface area contributed by atoms with Gasteiger partial charge in [0.2, 0.25) is 0 Å². The van der Waals surface area contributed by atoms with Gasteiger partial charge in [0.15, 0.2) is 11.6 Å². The lowest BCUT2D eigenvalue weighted by Gasteiger charge is -2.28. The van der Waals surface area contributed by atoms with Crippen molar-refractivity contribution < 1.29 is 27.8 Å². The third kappa shape index (κ3) is 7.47. The van der Waals surface area contributed by atoms with E-state index < -0.39 is 40.7 Å². The highest BCUT2D eigenvalue weighted by Crippen LogP contribution is 2.27. The van der Waals surface area contributed by atoms with Crippen molar-refractivity contribution in [3.8, 4) is 0 Å². The van der Waals surface area contributed by atoms with E-state index in [1.807, 2.05) is 0 Å². The number of nitrogens with zero attached hydrogens (tertiary/aromatic N) is 1. The fraction of sp³-hybridized carbons (Fsp3) is 0.529. The first-order valence-electron chi connectivity index (χ1n) is 7.59. The zero-order chi connectivity index (χ0) is 20.0. The lowest BCUT2D eigenvalue weighted by atomic mass is 10.2. The van der Waals surface area contributed by atoms with E-state index in [2.05, 4.69) is 5.73 Å². The quantitative estimate of drug-likeness (QED) is 0.811. The van der Waals surface area contributed by atoms with Gasteiger partial charge in [0, 0.05) is 0 Å². The molecule has 0 aliphatic rings. The van der Waals surface area contributed by atoms with E-state index >= 15 is 0 Å². The smallest absolute Gasteiger partial charge is 0.424 e. The van der Waals surface area contributed by atoms with Crippen LogP contribution in [0.4, 0.5) is 24.1 Å². The van der Waals surface area contributed by atoms with E-state index in [1.54, 1.807) is 41.5 Å². The Hall–Kier alpha value is -2.22. The van der Waals surface area contributed by atoms with Gasteiger partial charge in [-0.1, -0.05) is 6.07 Å². The topological polar surface area (TPSA) is 81.9 Å². The monoisotopic (exact) mass is 360 g/mol. The summed E-state index contributed by atoms with van der Waals surface area (Å²) in [4.78, 5) is 24.7. The van der Waals surface area contributed by atoms with Crippen LogP contribution in [0.3, 0.4) is 0 Å². The molecule has 0 atom stereocenters. The van der Waals surface area contributed by atoms with Crippen LogP contribution in [0.5, 0.6) is 0 Å². The number of nitrogens with two attached hydrogens (primary N) is 1. The van der Waals surface area contributed by atoms with Crippen LogP contribution in [0.25, 0.3) is 0 Å². The molecule has 0 unspecified atom stereocenters. The summed E-state index contributed by atoms with van der Waals surface area (Å²) < 4.78 is 38.1. The predicted molar refractivity (Wildman–Crippen MR) is 91.4 cm³/mol. The Bertz CT molecular complexity index is 559. The number of benzene rings is 1. The lowest BCUT2D eigenvalue weighted by Crippen LogP contribution is -2.44. The molecule has 0 saturated carbocycles. The molecule has 0 saturated heterocycles. The zero-order valence-corrected chi connectivity index (χ0v) is 15.6. The maximum atomic E-state index is 14.0. The summed E-state index contributed by atoms with van der Waals surface area (Å²) in [5, 5.41) is 0. The summed E-state index contributed by atoms with van der Waals surface area (Å²) in [6, 6.07) is 2.98. The second kappa shape index (κ2) is 8.75. The van der Waals surface area contributed by atoms with Crippen molar-refractivity contribution in [1.82, 2.24) is 0 Å². The van der Waals surface area contributed by atoms with E-state index in [9.17, 15) is 18.4 Å². The van der Waals surface area contributed by atoms with Gasteiger partial charge in [0.05, 0.1) is 0 Å². The molecular formula is C17H26F2N2O4. The van der Waals surface area contributed by atoms with Gasteiger partial charge in [0.25, 0.3) is 0 Å². The molecule has 0 bridgehead atoms. The molecule has 1 aromatic rings. The number of hydrogen-bond acceptors (Lipinski definition) is 5. The van der Waals surface area contributed by atoms with E-state index in [0.29, 0.717) is 0 Å². The average molecular weight is 360 g/mol. The molecule has 0 heterocycles. The van der Waals surface area contributed by atoms with Gasteiger partial charge in [-0.15, -0.1) is 0 Å². The average Bonchev–Trinajstić information content (AvgIpc) is 2.41. The van der Waals surface area contributed by atoms with Gasteiger partial charge in [-0.3, -0.25) is 0 Å². The maximum Gasteiger partial charge on any atom is 0.424 e.